The summed E-state index contributed by atoms with van der Waals surface area (Å²) in [5, 5.41) is 6.51. The first-order valence-electron chi connectivity index (χ1n) is 9.24. The average molecular weight is 350 g/mol. The van der Waals surface area contributed by atoms with Gasteiger partial charge in [0.25, 0.3) is 0 Å². The molecule has 132 valence electrons. The number of aromatic nitrogens is 1. The van der Waals surface area contributed by atoms with Crippen LogP contribution in [0, 0.1) is 5.92 Å². The first-order valence-corrected chi connectivity index (χ1v) is 10.1. The van der Waals surface area contributed by atoms with Crippen LogP contribution in [0.15, 0.2) is 5.38 Å². The predicted octanol–water partition coefficient (Wildman–Crippen LogP) is 3.10. The number of nitrogens with zero attached hydrogens (tertiary/aromatic N) is 2. The van der Waals surface area contributed by atoms with Crippen LogP contribution in [-0.2, 0) is 16.1 Å². The Kier molecular flexibility index (Phi) is 4.62. The minimum atomic E-state index is 0.111. The third-order valence-electron chi connectivity index (χ3n) is 5.60. The Morgan fingerprint density at radius 3 is 2.96 bits per heavy atom. The predicted molar refractivity (Wildman–Crippen MR) is 95.3 cm³/mol. The second-order valence-corrected chi connectivity index (χ2v) is 8.45. The second-order valence-electron chi connectivity index (χ2n) is 7.62. The smallest absolute Gasteiger partial charge is 0.225 e. The lowest BCUT2D eigenvalue weighted by Gasteiger charge is -2.47. The highest BCUT2D eigenvalue weighted by atomic mass is 32.1. The van der Waals surface area contributed by atoms with E-state index >= 15 is 0 Å². The molecule has 1 N–H and O–H groups in total. The van der Waals surface area contributed by atoms with Crippen molar-refractivity contribution in [2.45, 2.75) is 70.1 Å². The molecule has 0 bridgehead atoms. The van der Waals surface area contributed by atoms with Crippen LogP contribution in [0.4, 0.5) is 5.13 Å². The van der Waals surface area contributed by atoms with Gasteiger partial charge >= 0.3 is 0 Å². The third-order valence-corrected chi connectivity index (χ3v) is 6.48. The van der Waals surface area contributed by atoms with Gasteiger partial charge in [0, 0.05) is 31.5 Å². The van der Waals surface area contributed by atoms with E-state index in [1.165, 1.54) is 25.7 Å². The molecule has 3 aliphatic rings. The highest BCUT2D eigenvalue weighted by molar-refractivity contribution is 7.14. The Bertz CT molecular complexity index is 595. The van der Waals surface area contributed by atoms with E-state index in [9.17, 15) is 4.79 Å². The Balaban J connectivity index is 1.26. The van der Waals surface area contributed by atoms with Gasteiger partial charge in [-0.2, -0.15) is 0 Å². The van der Waals surface area contributed by atoms with Crippen LogP contribution >= 0.6 is 11.3 Å². The average Bonchev–Trinajstić information content (AvgIpc) is 3.25. The van der Waals surface area contributed by atoms with Gasteiger partial charge in [0.1, 0.15) is 0 Å². The zero-order valence-electron chi connectivity index (χ0n) is 14.4. The molecular weight excluding hydrogens is 322 g/mol. The van der Waals surface area contributed by atoms with Gasteiger partial charge in [0.15, 0.2) is 5.13 Å². The van der Waals surface area contributed by atoms with Crippen molar-refractivity contribution in [3.8, 4) is 0 Å². The molecule has 1 atom stereocenters. The molecule has 2 saturated carbocycles. The van der Waals surface area contributed by atoms with Crippen molar-refractivity contribution in [2.24, 2.45) is 5.92 Å². The molecule has 2 aliphatic carbocycles. The van der Waals surface area contributed by atoms with E-state index in [1.807, 2.05) is 4.90 Å². The van der Waals surface area contributed by atoms with E-state index in [0.29, 0.717) is 6.04 Å². The van der Waals surface area contributed by atoms with Gasteiger partial charge in [-0.05, 0) is 57.4 Å². The normalized spacial score (nSPS) is 25.5. The first-order chi connectivity index (χ1) is 11.7. The number of amides is 1. The van der Waals surface area contributed by atoms with Gasteiger partial charge < -0.3 is 10.1 Å². The monoisotopic (exact) mass is 349 g/mol. The maximum absolute atomic E-state index is 11.8. The SMILES string of the molecule is CC(=O)N(c1nc(CNCC2CCOC3(CCC3)C2)cs1)C1CC1. The molecular formula is C18H27N3O2S. The molecule has 1 unspecified atom stereocenters. The molecule has 24 heavy (non-hydrogen) atoms. The van der Waals surface area contributed by atoms with E-state index in [-0.39, 0.29) is 11.5 Å². The van der Waals surface area contributed by atoms with Crippen molar-refractivity contribution in [2.75, 3.05) is 18.1 Å². The van der Waals surface area contributed by atoms with E-state index in [0.717, 1.165) is 55.7 Å². The molecule has 1 aromatic rings. The number of hydrogen-bond acceptors (Lipinski definition) is 5. The molecule has 0 radical (unpaired) electrons. The van der Waals surface area contributed by atoms with Crippen LogP contribution < -0.4 is 10.2 Å². The van der Waals surface area contributed by atoms with E-state index < -0.39 is 0 Å². The molecule has 5 nitrogen and oxygen atoms in total. The molecule has 1 aliphatic heterocycles. The van der Waals surface area contributed by atoms with Crippen LogP contribution in [0.25, 0.3) is 0 Å². The summed E-state index contributed by atoms with van der Waals surface area (Å²) in [5.41, 5.74) is 1.28. The van der Waals surface area contributed by atoms with Gasteiger partial charge in [0.2, 0.25) is 5.91 Å². The molecule has 2 heterocycles. The summed E-state index contributed by atoms with van der Waals surface area (Å²) < 4.78 is 6.00. The standard InChI is InChI=1S/C18H27N3O2S/c1-13(22)21(16-3-4-16)17-20-15(12-24-17)11-19-10-14-5-8-23-18(9-14)6-2-7-18/h12,14,16,19H,2-11H2,1H3. The fourth-order valence-electron chi connectivity index (χ4n) is 4.00. The van der Waals surface area contributed by atoms with Crippen LogP contribution in [0.1, 0.15) is 57.6 Å². The second kappa shape index (κ2) is 6.73. The minimum absolute atomic E-state index is 0.111. The van der Waals surface area contributed by atoms with Crippen LogP contribution in [0.3, 0.4) is 0 Å². The number of rotatable bonds is 6. The molecule has 4 rings (SSSR count). The van der Waals surface area contributed by atoms with Crippen molar-refractivity contribution in [3.05, 3.63) is 11.1 Å². The van der Waals surface area contributed by atoms with E-state index in [1.54, 1.807) is 18.3 Å². The molecule has 6 heteroatoms. The van der Waals surface area contributed by atoms with Gasteiger partial charge in [-0.3, -0.25) is 9.69 Å². The topological polar surface area (TPSA) is 54.5 Å². The summed E-state index contributed by atoms with van der Waals surface area (Å²) in [7, 11) is 0. The van der Waals surface area contributed by atoms with Crippen molar-refractivity contribution >= 4 is 22.4 Å². The van der Waals surface area contributed by atoms with Gasteiger partial charge in [0.05, 0.1) is 11.3 Å². The van der Waals surface area contributed by atoms with Crippen molar-refractivity contribution < 1.29 is 9.53 Å². The number of carbonyl (C=O) groups is 1. The van der Waals surface area contributed by atoms with E-state index in [4.69, 9.17) is 4.74 Å². The van der Waals surface area contributed by atoms with Crippen LogP contribution in [-0.4, -0.2) is 35.7 Å². The highest BCUT2D eigenvalue weighted by Gasteiger charge is 2.42. The van der Waals surface area contributed by atoms with Crippen LogP contribution in [0.2, 0.25) is 0 Å². The molecule has 1 saturated heterocycles. The summed E-state index contributed by atoms with van der Waals surface area (Å²) in [6, 6.07) is 0.385. The summed E-state index contributed by atoms with van der Waals surface area (Å²) in [6.07, 6.45) is 8.42. The fraction of sp³-hybridized carbons (Fsp3) is 0.778. The van der Waals surface area contributed by atoms with Gasteiger partial charge in [-0.1, -0.05) is 0 Å². The van der Waals surface area contributed by atoms with E-state index in [2.05, 4.69) is 15.7 Å². The van der Waals surface area contributed by atoms with Crippen molar-refractivity contribution in [1.29, 1.82) is 0 Å². The first kappa shape index (κ1) is 16.5. The Hall–Kier alpha value is -0.980. The quantitative estimate of drug-likeness (QED) is 0.857. The number of thiazole rings is 1. The largest absolute Gasteiger partial charge is 0.375 e. The van der Waals surface area contributed by atoms with Gasteiger partial charge in [-0.25, -0.2) is 4.98 Å². The molecule has 0 aromatic carbocycles. The lowest BCUT2D eigenvalue weighted by Crippen LogP contribution is -2.47. The Morgan fingerprint density at radius 1 is 1.46 bits per heavy atom. The zero-order valence-corrected chi connectivity index (χ0v) is 15.2. The zero-order chi connectivity index (χ0) is 16.6. The number of carbonyl (C=O) groups excluding carboxylic acids is 1. The van der Waals surface area contributed by atoms with Crippen molar-refractivity contribution in [1.82, 2.24) is 10.3 Å². The number of anilines is 1. The highest BCUT2D eigenvalue weighted by Crippen LogP contribution is 2.44. The molecule has 1 spiro atoms. The lowest BCUT2D eigenvalue weighted by atomic mass is 9.72. The maximum Gasteiger partial charge on any atom is 0.225 e. The van der Waals surface area contributed by atoms with Crippen LogP contribution in [0.5, 0.6) is 0 Å². The third kappa shape index (κ3) is 3.51. The molecule has 1 amide bonds. The number of ether oxygens (including phenoxy) is 1. The van der Waals surface area contributed by atoms with Gasteiger partial charge in [-0.15, -0.1) is 11.3 Å². The summed E-state index contributed by atoms with van der Waals surface area (Å²) in [6.45, 7) is 4.38. The minimum Gasteiger partial charge on any atom is -0.375 e. The number of nitrogens with one attached hydrogen (secondary N) is 1. The maximum atomic E-state index is 11.8. The Morgan fingerprint density at radius 2 is 2.29 bits per heavy atom. The summed E-state index contributed by atoms with van der Waals surface area (Å²) >= 11 is 1.59. The summed E-state index contributed by atoms with van der Waals surface area (Å²) in [4.78, 5) is 18.4. The Labute approximate surface area is 147 Å². The number of hydrogen-bond donors (Lipinski definition) is 1. The molecule has 1 aromatic heterocycles. The van der Waals surface area contributed by atoms with Crippen molar-refractivity contribution in [3.63, 3.8) is 0 Å². The summed E-state index contributed by atoms with van der Waals surface area (Å²) in [5.74, 6) is 0.830. The lowest BCUT2D eigenvalue weighted by molar-refractivity contribution is -0.142. The molecule has 3 fully saturated rings. The fourth-order valence-corrected chi connectivity index (χ4v) is 4.93.